The Hall–Kier alpha value is -2.28. The minimum Gasteiger partial charge on any atom is -0.480 e. The third-order valence-corrected chi connectivity index (χ3v) is 4.98. The van der Waals surface area contributed by atoms with Crippen LogP contribution in [-0.4, -0.2) is 81.1 Å². The second-order valence-electron chi connectivity index (χ2n) is 7.10. The van der Waals surface area contributed by atoms with Crippen LogP contribution in [0, 0.1) is 5.41 Å². The van der Waals surface area contributed by atoms with E-state index in [2.05, 4.69) is 16.0 Å². The number of rotatable bonds is 8. The molecule has 0 radical (unpaired) electrons. The molecule has 0 aromatic heterocycles. The van der Waals surface area contributed by atoms with Crippen molar-refractivity contribution in [1.29, 1.82) is 5.41 Å². The lowest BCUT2D eigenvalue weighted by atomic mass is 10.0. The number of nitrogens with zero attached hydrogens (tertiary/aromatic N) is 1. The first kappa shape index (κ1) is 22.0. The Kier molecular flexibility index (Phi) is 6.93. The SMILES string of the molecule is N=C(N)NCCC[C@@H](C(=O)O)N(C(=O)C1(O)CCCN1)C(=O)C1(O)CCCN1. The Morgan fingerprint density at radius 3 is 1.96 bits per heavy atom. The zero-order valence-corrected chi connectivity index (χ0v) is 15.5. The van der Waals surface area contributed by atoms with Crippen molar-refractivity contribution in [2.24, 2.45) is 5.73 Å². The van der Waals surface area contributed by atoms with E-state index in [-0.39, 0.29) is 38.2 Å². The van der Waals surface area contributed by atoms with Crippen LogP contribution in [0.15, 0.2) is 0 Å². The maximum absolute atomic E-state index is 13.0. The summed E-state index contributed by atoms with van der Waals surface area (Å²) in [7, 11) is 0. The molecule has 2 amide bonds. The fraction of sp³-hybridized carbons (Fsp3) is 0.750. The maximum atomic E-state index is 13.0. The average molecular weight is 400 g/mol. The normalized spacial score (nSPS) is 27.9. The first-order chi connectivity index (χ1) is 13.1. The number of aliphatic hydroxyl groups is 2. The molecule has 12 nitrogen and oxygen atoms in total. The third-order valence-electron chi connectivity index (χ3n) is 4.98. The summed E-state index contributed by atoms with van der Waals surface area (Å²) in [4.78, 5) is 38.4. The molecule has 2 rings (SSSR count). The van der Waals surface area contributed by atoms with Gasteiger partial charge in [-0.2, -0.15) is 0 Å². The van der Waals surface area contributed by atoms with E-state index in [1.807, 2.05) is 0 Å². The Bertz CT molecular complexity index is 595. The van der Waals surface area contributed by atoms with Crippen LogP contribution in [0.5, 0.6) is 0 Å². The molecule has 158 valence electrons. The predicted octanol–water partition coefficient (Wildman–Crippen LogP) is -2.80. The van der Waals surface area contributed by atoms with E-state index >= 15 is 0 Å². The van der Waals surface area contributed by atoms with Gasteiger partial charge in [-0.05, 0) is 38.8 Å². The van der Waals surface area contributed by atoms with Crippen molar-refractivity contribution >= 4 is 23.7 Å². The minimum absolute atomic E-state index is 0.0275. The fourth-order valence-corrected chi connectivity index (χ4v) is 3.48. The average Bonchev–Trinajstić information content (AvgIpc) is 3.26. The summed E-state index contributed by atoms with van der Waals surface area (Å²) in [5.74, 6) is -3.91. The summed E-state index contributed by atoms with van der Waals surface area (Å²) >= 11 is 0. The highest BCUT2D eigenvalue weighted by Gasteiger charge is 2.52. The van der Waals surface area contributed by atoms with Gasteiger partial charge in [-0.15, -0.1) is 0 Å². The second kappa shape index (κ2) is 8.82. The molecule has 0 spiro atoms. The van der Waals surface area contributed by atoms with Crippen LogP contribution in [0.3, 0.4) is 0 Å². The summed E-state index contributed by atoms with van der Waals surface area (Å²) in [5, 5.41) is 45.7. The van der Waals surface area contributed by atoms with Gasteiger partial charge < -0.3 is 26.4 Å². The number of carboxylic acids is 1. The monoisotopic (exact) mass is 400 g/mol. The molecule has 2 heterocycles. The lowest BCUT2D eigenvalue weighted by Gasteiger charge is -2.37. The second-order valence-corrected chi connectivity index (χ2v) is 7.10. The number of amides is 2. The van der Waals surface area contributed by atoms with Gasteiger partial charge in [-0.25, -0.2) is 4.79 Å². The molecule has 0 aromatic rings. The molecule has 0 bridgehead atoms. The molecule has 3 atom stereocenters. The van der Waals surface area contributed by atoms with Gasteiger partial charge in [0.2, 0.25) is 0 Å². The highest BCUT2D eigenvalue weighted by atomic mass is 16.4. The van der Waals surface area contributed by atoms with Crippen molar-refractivity contribution < 1.29 is 29.7 Å². The van der Waals surface area contributed by atoms with E-state index in [0.717, 1.165) is 0 Å². The number of imide groups is 1. The van der Waals surface area contributed by atoms with E-state index in [1.54, 1.807) is 0 Å². The van der Waals surface area contributed by atoms with Crippen molar-refractivity contribution in [3.05, 3.63) is 0 Å². The van der Waals surface area contributed by atoms with Crippen molar-refractivity contribution in [1.82, 2.24) is 20.9 Å². The van der Waals surface area contributed by atoms with Gasteiger partial charge in [0.25, 0.3) is 11.8 Å². The number of aliphatic carboxylic acids is 1. The standard InChI is InChI=1S/C16H28N6O6/c17-14(18)19-7-1-4-10(11(23)24)22(12(25)15(27)5-2-8-20-15)13(26)16(28)6-3-9-21-16/h10,20-21,27-28H,1-9H2,(H,23,24)(H4,17,18,19)/t10-,15?,16?/m0/s1. The largest absolute Gasteiger partial charge is 0.480 e. The smallest absolute Gasteiger partial charge is 0.326 e. The van der Waals surface area contributed by atoms with Gasteiger partial charge in [0.05, 0.1) is 0 Å². The number of carbonyl (C=O) groups excluding carboxylic acids is 2. The Morgan fingerprint density at radius 1 is 1.11 bits per heavy atom. The molecule has 2 aliphatic rings. The van der Waals surface area contributed by atoms with Crippen molar-refractivity contribution in [2.75, 3.05) is 19.6 Å². The van der Waals surface area contributed by atoms with Gasteiger partial charge in [0.1, 0.15) is 6.04 Å². The van der Waals surface area contributed by atoms with Crippen molar-refractivity contribution in [2.45, 2.75) is 56.0 Å². The van der Waals surface area contributed by atoms with Crippen LogP contribution >= 0.6 is 0 Å². The summed E-state index contributed by atoms with van der Waals surface area (Å²) in [6.45, 7) is 0.848. The lowest BCUT2D eigenvalue weighted by Crippen LogP contribution is -2.66. The number of carboxylic acid groups (broad SMARTS) is 1. The van der Waals surface area contributed by atoms with Crippen LogP contribution in [0.25, 0.3) is 0 Å². The highest BCUT2D eigenvalue weighted by Crippen LogP contribution is 2.26. The zero-order chi connectivity index (χ0) is 20.9. The topological polar surface area (TPSA) is 201 Å². The van der Waals surface area contributed by atoms with Crippen molar-refractivity contribution in [3.8, 4) is 0 Å². The summed E-state index contributed by atoms with van der Waals surface area (Å²) in [5.41, 5.74) is 1.06. The molecular weight excluding hydrogens is 372 g/mol. The molecule has 0 saturated carbocycles. The molecule has 28 heavy (non-hydrogen) atoms. The summed E-state index contributed by atoms with van der Waals surface area (Å²) in [6, 6.07) is -1.59. The molecule has 12 heteroatoms. The molecule has 9 N–H and O–H groups in total. The van der Waals surface area contributed by atoms with Crippen LogP contribution in [0.1, 0.15) is 38.5 Å². The first-order valence-corrected chi connectivity index (χ1v) is 9.24. The molecular formula is C16H28N6O6. The Balaban J connectivity index is 2.28. The van der Waals surface area contributed by atoms with Crippen LogP contribution in [0.2, 0.25) is 0 Å². The molecule has 2 fully saturated rings. The Morgan fingerprint density at radius 2 is 1.61 bits per heavy atom. The van der Waals surface area contributed by atoms with Crippen molar-refractivity contribution in [3.63, 3.8) is 0 Å². The van der Waals surface area contributed by atoms with Gasteiger partial charge >= 0.3 is 5.97 Å². The number of carbonyl (C=O) groups is 3. The molecule has 2 aliphatic heterocycles. The number of guanidine groups is 1. The number of nitrogens with two attached hydrogens (primary N) is 1. The summed E-state index contributed by atoms with van der Waals surface area (Å²) in [6.07, 6.45) is 1.06. The first-order valence-electron chi connectivity index (χ1n) is 9.24. The Labute approximate surface area is 162 Å². The van der Waals surface area contributed by atoms with E-state index in [0.29, 0.717) is 30.8 Å². The number of hydrogen-bond donors (Lipinski definition) is 8. The number of hydrogen-bond acceptors (Lipinski definition) is 8. The van der Waals surface area contributed by atoms with E-state index in [1.165, 1.54) is 0 Å². The van der Waals surface area contributed by atoms with Gasteiger partial charge in [-0.3, -0.25) is 30.5 Å². The fourth-order valence-electron chi connectivity index (χ4n) is 3.48. The molecule has 0 aromatic carbocycles. The quantitative estimate of drug-likeness (QED) is 0.0910. The zero-order valence-electron chi connectivity index (χ0n) is 15.5. The lowest BCUT2D eigenvalue weighted by molar-refractivity contribution is -0.178. The molecule has 2 saturated heterocycles. The molecule has 2 unspecified atom stereocenters. The van der Waals surface area contributed by atoms with Gasteiger partial charge in [0, 0.05) is 19.4 Å². The summed E-state index contributed by atoms with van der Waals surface area (Å²) < 4.78 is 0. The minimum atomic E-state index is -2.06. The third kappa shape index (κ3) is 4.76. The van der Waals surface area contributed by atoms with Crippen LogP contribution in [-0.2, 0) is 14.4 Å². The highest BCUT2D eigenvalue weighted by molar-refractivity contribution is 6.05. The number of nitrogens with one attached hydrogen (secondary N) is 4. The van der Waals surface area contributed by atoms with E-state index in [9.17, 15) is 29.7 Å². The predicted molar refractivity (Wildman–Crippen MR) is 96.8 cm³/mol. The van der Waals surface area contributed by atoms with Gasteiger partial charge in [-0.1, -0.05) is 0 Å². The van der Waals surface area contributed by atoms with E-state index < -0.39 is 35.3 Å². The van der Waals surface area contributed by atoms with Gasteiger partial charge in [0.15, 0.2) is 17.4 Å². The maximum Gasteiger partial charge on any atom is 0.326 e. The van der Waals surface area contributed by atoms with Crippen LogP contribution in [0.4, 0.5) is 0 Å². The van der Waals surface area contributed by atoms with E-state index in [4.69, 9.17) is 11.1 Å². The van der Waals surface area contributed by atoms with Crippen LogP contribution < -0.4 is 21.7 Å². The molecule has 0 aliphatic carbocycles.